The quantitative estimate of drug-likeness (QED) is 0.827. The van der Waals surface area contributed by atoms with Crippen LogP contribution in [-0.4, -0.2) is 27.7 Å². The maximum absolute atomic E-state index is 5.53. The molecule has 1 atom stereocenters. The third kappa shape index (κ3) is 1.73. The molecule has 0 aromatic carbocycles. The number of hydrogen-bond acceptors (Lipinski definition) is 5. The molecule has 1 aromatic rings. The summed E-state index contributed by atoms with van der Waals surface area (Å²) in [7, 11) is 0. The van der Waals surface area contributed by atoms with Crippen LogP contribution >= 0.6 is 11.8 Å². The van der Waals surface area contributed by atoms with Crippen molar-refractivity contribution in [3.63, 3.8) is 0 Å². The zero-order chi connectivity index (χ0) is 9.38. The molecular formula is C9H13N3OS. The van der Waals surface area contributed by atoms with Crippen molar-refractivity contribution in [2.45, 2.75) is 31.2 Å². The van der Waals surface area contributed by atoms with E-state index in [1.807, 2.05) is 11.8 Å². The predicted molar refractivity (Wildman–Crippen MR) is 55.6 cm³/mol. The fourth-order valence-corrected chi connectivity index (χ4v) is 2.76. The van der Waals surface area contributed by atoms with Crippen LogP contribution in [0.3, 0.4) is 0 Å². The van der Waals surface area contributed by atoms with Crippen molar-refractivity contribution in [1.29, 1.82) is 0 Å². The van der Waals surface area contributed by atoms with Gasteiger partial charge in [-0.3, -0.25) is 0 Å². The summed E-state index contributed by atoms with van der Waals surface area (Å²) in [6.45, 7) is 0. The summed E-state index contributed by atoms with van der Waals surface area (Å²) in [5, 5.41) is 11.3. The zero-order valence-electron chi connectivity index (χ0n) is 7.90. The van der Waals surface area contributed by atoms with Crippen molar-refractivity contribution in [3.8, 4) is 0 Å². The molecular weight excluding hydrogens is 198 g/mol. The highest BCUT2D eigenvalue weighted by molar-refractivity contribution is 7.99. The summed E-state index contributed by atoms with van der Waals surface area (Å²) in [6, 6.07) is 1.13. The van der Waals surface area contributed by atoms with Crippen molar-refractivity contribution in [3.05, 3.63) is 5.89 Å². The minimum atomic E-state index is 0.521. The fraction of sp³-hybridized carbons (Fsp3) is 0.778. The number of hydrogen-bond donors (Lipinski definition) is 1. The first-order chi connectivity index (χ1) is 6.92. The largest absolute Gasteiger partial charge is 0.408 e. The second kappa shape index (κ2) is 3.46. The Morgan fingerprint density at radius 2 is 2.21 bits per heavy atom. The minimum Gasteiger partial charge on any atom is -0.408 e. The normalized spacial score (nSPS) is 26.7. The van der Waals surface area contributed by atoms with Crippen LogP contribution in [0.15, 0.2) is 4.42 Å². The van der Waals surface area contributed by atoms with Gasteiger partial charge in [0.1, 0.15) is 0 Å². The summed E-state index contributed by atoms with van der Waals surface area (Å²) in [5.74, 6) is 3.76. The van der Waals surface area contributed by atoms with Crippen LogP contribution in [0, 0.1) is 0 Å². The van der Waals surface area contributed by atoms with E-state index in [1.165, 1.54) is 25.0 Å². The van der Waals surface area contributed by atoms with E-state index in [1.54, 1.807) is 0 Å². The summed E-state index contributed by atoms with van der Waals surface area (Å²) in [5.41, 5.74) is 0. The van der Waals surface area contributed by atoms with E-state index < -0.39 is 0 Å². The number of thioether (sulfide) groups is 1. The number of rotatable bonds is 3. The van der Waals surface area contributed by atoms with Crippen LogP contribution in [0.5, 0.6) is 0 Å². The summed E-state index contributed by atoms with van der Waals surface area (Å²) in [6.07, 6.45) is 3.62. The van der Waals surface area contributed by atoms with E-state index in [9.17, 15) is 0 Å². The highest BCUT2D eigenvalue weighted by Gasteiger charge is 2.29. The maximum Gasteiger partial charge on any atom is 0.315 e. The molecule has 0 bridgehead atoms. The molecule has 1 saturated carbocycles. The van der Waals surface area contributed by atoms with E-state index in [0.29, 0.717) is 18.0 Å². The maximum atomic E-state index is 5.53. The molecule has 1 aliphatic carbocycles. The van der Waals surface area contributed by atoms with Crippen LogP contribution in [0.1, 0.15) is 31.1 Å². The van der Waals surface area contributed by atoms with Crippen molar-refractivity contribution >= 4 is 17.8 Å². The summed E-state index contributed by atoms with van der Waals surface area (Å²) >= 11 is 1.97. The second-order valence-electron chi connectivity index (χ2n) is 3.92. The molecule has 1 aliphatic heterocycles. The molecule has 2 aliphatic rings. The van der Waals surface area contributed by atoms with Crippen LogP contribution in [0.25, 0.3) is 0 Å². The summed E-state index contributed by atoms with van der Waals surface area (Å²) < 4.78 is 5.53. The van der Waals surface area contributed by atoms with E-state index in [2.05, 4.69) is 15.5 Å². The predicted octanol–water partition coefficient (Wildman–Crippen LogP) is 1.86. The Bertz CT molecular complexity index is 318. The SMILES string of the molecule is C1CC(Nc2nnc(C3CC3)o2)CS1. The lowest BCUT2D eigenvalue weighted by Gasteiger charge is -2.06. The fourth-order valence-electron chi connectivity index (χ4n) is 1.61. The Morgan fingerprint density at radius 3 is 2.93 bits per heavy atom. The molecule has 1 N–H and O–H groups in total. The lowest BCUT2D eigenvalue weighted by Crippen LogP contribution is -2.18. The first kappa shape index (κ1) is 8.59. The Hall–Kier alpha value is -0.710. The molecule has 0 radical (unpaired) electrons. The number of aromatic nitrogens is 2. The highest BCUT2D eigenvalue weighted by atomic mass is 32.2. The topological polar surface area (TPSA) is 51.0 Å². The van der Waals surface area contributed by atoms with Crippen LogP contribution < -0.4 is 5.32 Å². The molecule has 3 rings (SSSR count). The molecule has 0 spiro atoms. The zero-order valence-corrected chi connectivity index (χ0v) is 8.72. The monoisotopic (exact) mass is 211 g/mol. The molecule has 0 amide bonds. The van der Waals surface area contributed by atoms with Gasteiger partial charge in [0.2, 0.25) is 5.89 Å². The Kier molecular flexibility index (Phi) is 2.12. The third-order valence-electron chi connectivity index (χ3n) is 2.62. The highest BCUT2D eigenvalue weighted by Crippen LogP contribution is 2.39. The molecule has 2 fully saturated rings. The van der Waals surface area contributed by atoms with Crippen molar-refractivity contribution < 1.29 is 4.42 Å². The third-order valence-corrected chi connectivity index (χ3v) is 3.79. The second-order valence-corrected chi connectivity index (χ2v) is 5.07. The van der Waals surface area contributed by atoms with Gasteiger partial charge in [-0.25, -0.2) is 0 Å². The van der Waals surface area contributed by atoms with Gasteiger partial charge in [0.25, 0.3) is 0 Å². The van der Waals surface area contributed by atoms with Crippen LogP contribution in [0.4, 0.5) is 6.01 Å². The van der Waals surface area contributed by atoms with Gasteiger partial charge in [0, 0.05) is 17.7 Å². The van der Waals surface area contributed by atoms with Crippen LogP contribution in [-0.2, 0) is 0 Å². The summed E-state index contributed by atoms with van der Waals surface area (Å²) in [4.78, 5) is 0. The minimum absolute atomic E-state index is 0.521. The Labute approximate surface area is 86.8 Å². The van der Waals surface area contributed by atoms with Gasteiger partial charge >= 0.3 is 6.01 Å². The molecule has 1 unspecified atom stereocenters. The standard InChI is InChI=1S/C9H13N3OS/c1-2-6(1)8-11-12-9(13-8)10-7-3-4-14-5-7/h6-7H,1-5H2,(H,10,12). The van der Waals surface area contributed by atoms with Gasteiger partial charge in [-0.15, -0.1) is 5.10 Å². The van der Waals surface area contributed by atoms with Gasteiger partial charge in [0.05, 0.1) is 0 Å². The number of nitrogens with zero attached hydrogens (tertiary/aromatic N) is 2. The van der Waals surface area contributed by atoms with Gasteiger partial charge in [-0.05, 0) is 25.0 Å². The van der Waals surface area contributed by atoms with Crippen LogP contribution in [0.2, 0.25) is 0 Å². The van der Waals surface area contributed by atoms with E-state index in [0.717, 1.165) is 11.6 Å². The molecule has 14 heavy (non-hydrogen) atoms. The van der Waals surface area contributed by atoms with Gasteiger partial charge < -0.3 is 9.73 Å². The molecule has 4 nitrogen and oxygen atoms in total. The first-order valence-electron chi connectivity index (χ1n) is 5.09. The molecule has 1 aromatic heterocycles. The molecule has 1 saturated heterocycles. The smallest absolute Gasteiger partial charge is 0.315 e. The number of anilines is 1. The van der Waals surface area contributed by atoms with Gasteiger partial charge in [-0.1, -0.05) is 5.10 Å². The van der Waals surface area contributed by atoms with E-state index in [4.69, 9.17) is 4.42 Å². The van der Waals surface area contributed by atoms with Gasteiger partial charge in [-0.2, -0.15) is 11.8 Å². The van der Waals surface area contributed by atoms with Gasteiger partial charge in [0.15, 0.2) is 0 Å². The molecule has 5 heteroatoms. The Balaban J connectivity index is 1.64. The first-order valence-corrected chi connectivity index (χ1v) is 6.25. The number of nitrogens with one attached hydrogen (secondary N) is 1. The van der Waals surface area contributed by atoms with E-state index in [-0.39, 0.29) is 0 Å². The average molecular weight is 211 g/mol. The molecule has 2 heterocycles. The lowest BCUT2D eigenvalue weighted by atomic mass is 10.3. The molecule has 76 valence electrons. The van der Waals surface area contributed by atoms with E-state index >= 15 is 0 Å². The van der Waals surface area contributed by atoms with Crippen molar-refractivity contribution in [2.24, 2.45) is 0 Å². The Morgan fingerprint density at radius 1 is 1.29 bits per heavy atom. The lowest BCUT2D eigenvalue weighted by molar-refractivity contribution is 0.502. The van der Waals surface area contributed by atoms with Crippen molar-refractivity contribution in [2.75, 3.05) is 16.8 Å². The average Bonchev–Trinajstić information content (AvgIpc) is 2.75. The van der Waals surface area contributed by atoms with Crippen molar-refractivity contribution in [1.82, 2.24) is 10.2 Å².